The van der Waals surface area contributed by atoms with Crippen LogP contribution in [0.15, 0.2) is 47.6 Å². The summed E-state index contributed by atoms with van der Waals surface area (Å²) in [6, 6.07) is 13.2. The van der Waals surface area contributed by atoms with Crippen LogP contribution in [0.25, 0.3) is 21.9 Å². The third kappa shape index (κ3) is 1.69. The number of hydrogen-bond acceptors (Lipinski definition) is 2. The molecule has 0 fully saturated rings. The van der Waals surface area contributed by atoms with Gasteiger partial charge < -0.3 is 4.74 Å². The van der Waals surface area contributed by atoms with Crippen LogP contribution >= 0.6 is 0 Å². The second-order valence-corrected chi connectivity index (χ2v) is 11.5. The number of fused-ring (bicyclic) bond motifs is 6. The number of allylic oxidation sites excluding steroid dienone is 2. The van der Waals surface area contributed by atoms with Gasteiger partial charge >= 0.3 is 6.09 Å². The molecule has 0 N–H and O–H groups in total. The van der Waals surface area contributed by atoms with Gasteiger partial charge in [-0.1, -0.05) is 69.0 Å². The fourth-order valence-corrected chi connectivity index (χ4v) is 8.16. The van der Waals surface area contributed by atoms with Gasteiger partial charge in [-0.15, -0.1) is 0 Å². The normalized spacial score (nSPS) is 21.9. The second-order valence-electron chi connectivity index (χ2n) is 11.5. The maximum Gasteiger partial charge on any atom is 0.424 e. The molecule has 156 valence electrons. The van der Waals surface area contributed by atoms with Crippen LogP contribution in [0, 0.1) is 10.8 Å². The van der Waals surface area contributed by atoms with Crippen molar-refractivity contribution >= 4 is 40.2 Å². The average Bonchev–Trinajstić information content (AvgIpc) is 3.36. The largest absolute Gasteiger partial charge is 0.424 e. The fraction of sp³-hybridized carbons (Fsp3) is 0.321. The number of amides is 1. The Balaban J connectivity index is 1.65. The van der Waals surface area contributed by atoms with Crippen LogP contribution in [0.2, 0.25) is 0 Å². The van der Waals surface area contributed by atoms with Gasteiger partial charge in [0.05, 0.1) is 5.69 Å². The molecular weight excluding hydrogens is 393 g/mol. The van der Waals surface area contributed by atoms with E-state index in [9.17, 15) is 4.79 Å². The van der Waals surface area contributed by atoms with E-state index in [1.807, 2.05) is 11.0 Å². The molecule has 3 heterocycles. The van der Waals surface area contributed by atoms with E-state index < -0.39 is 0 Å². The van der Waals surface area contributed by atoms with Crippen molar-refractivity contribution in [2.75, 3.05) is 4.90 Å². The summed E-state index contributed by atoms with van der Waals surface area (Å²) in [4.78, 5) is 15.6. The number of ether oxygens (including phenoxy) is 1. The Bertz CT molecular complexity index is 1510. The predicted octanol–water partition coefficient (Wildman–Crippen LogP) is 5.11. The molecular formula is C28H24BNO2. The lowest BCUT2D eigenvalue weighted by Gasteiger charge is -2.42. The Morgan fingerprint density at radius 1 is 0.969 bits per heavy atom. The fourth-order valence-electron chi connectivity index (χ4n) is 8.16. The molecule has 3 aliphatic heterocycles. The Morgan fingerprint density at radius 2 is 1.78 bits per heavy atom. The molecule has 3 aromatic rings. The van der Waals surface area contributed by atoms with E-state index in [2.05, 4.69) is 58.0 Å². The van der Waals surface area contributed by atoms with E-state index in [0.717, 1.165) is 30.7 Å². The highest BCUT2D eigenvalue weighted by Crippen LogP contribution is 2.61. The summed E-state index contributed by atoms with van der Waals surface area (Å²) in [6.07, 6.45) is 2.91. The maximum atomic E-state index is 13.6. The first-order chi connectivity index (χ1) is 15.3. The van der Waals surface area contributed by atoms with Gasteiger partial charge in [0, 0.05) is 16.5 Å². The standard InChI is InChI=1S/C28H24BNO2/c1-27(2)13-28(3,4)25-24(27)29-17-8-6-5-7-15(17)20-16-11-9-14-10-12-18-21(19(14)16)23(22(20)29)30(25)26(31)32-18/h5-8,10,12H,9,11,13H2,1-4H3. The summed E-state index contributed by atoms with van der Waals surface area (Å²) >= 11 is 0. The maximum absolute atomic E-state index is 13.6. The molecule has 0 unspecified atom stereocenters. The van der Waals surface area contributed by atoms with E-state index in [-0.39, 0.29) is 23.6 Å². The molecule has 0 radical (unpaired) electrons. The summed E-state index contributed by atoms with van der Waals surface area (Å²) in [5.41, 5.74) is 12.0. The quantitative estimate of drug-likeness (QED) is 0.476. The summed E-state index contributed by atoms with van der Waals surface area (Å²) in [7, 11) is 0. The summed E-state index contributed by atoms with van der Waals surface area (Å²) in [6.45, 7) is 9.55. The minimum atomic E-state index is -0.242. The van der Waals surface area contributed by atoms with Crippen LogP contribution in [-0.2, 0) is 12.8 Å². The van der Waals surface area contributed by atoms with Crippen molar-refractivity contribution < 1.29 is 9.53 Å². The molecule has 0 spiro atoms. The number of carbonyl (C=O) groups is 1. The van der Waals surface area contributed by atoms with Gasteiger partial charge in [-0.3, -0.25) is 0 Å². The number of nitrogens with zero attached hydrogens (tertiary/aromatic N) is 1. The van der Waals surface area contributed by atoms with Gasteiger partial charge in [-0.2, -0.15) is 0 Å². The van der Waals surface area contributed by atoms with Gasteiger partial charge in [-0.25, -0.2) is 9.69 Å². The van der Waals surface area contributed by atoms with Crippen molar-refractivity contribution in [3.8, 4) is 16.9 Å². The molecule has 0 saturated carbocycles. The first kappa shape index (κ1) is 17.5. The van der Waals surface area contributed by atoms with Crippen molar-refractivity contribution in [1.82, 2.24) is 0 Å². The van der Waals surface area contributed by atoms with Gasteiger partial charge in [-0.05, 0) is 63.8 Å². The van der Waals surface area contributed by atoms with Crippen LogP contribution < -0.4 is 20.6 Å². The predicted molar refractivity (Wildman–Crippen MR) is 130 cm³/mol. The van der Waals surface area contributed by atoms with Crippen molar-refractivity contribution in [2.45, 2.75) is 47.0 Å². The van der Waals surface area contributed by atoms with Crippen molar-refractivity contribution in [1.29, 1.82) is 0 Å². The Kier molecular flexibility index (Phi) is 2.73. The third-order valence-electron chi connectivity index (χ3n) is 8.72. The van der Waals surface area contributed by atoms with E-state index in [0.29, 0.717) is 0 Å². The van der Waals surface area contributed by atoms with Crippen LogP contribution in [0.3, 0.4) is 0 Å². The summed E-state index contributed by atoms with van der Waals surface area (Å²) in [5, 5.41) is 2.50. The first-order valence-corrected chi connectivity index (χ1v) is 11.8. The van der Waals surface area contributed by atoms with Crippen molar-refractivity contribution in [3.63, 3.8) is 0 Å². The first-order valence-electron chi connectivity index (χ1n) is 11.8. The minimum absolute atomic E-state index is 0.00756. The lowest BCUT2D eigenvalue weighted by Crippen LogP contribution is -2.54. The van der Waals surface area contributed by atoms with Crippen LogP contribution in [0.5, 0.6) is 5.75 Å². The average molecular weight is 417 g/mol. The molecule has 0 bridgehead atoms. The topological polar surface area (TPSA) is 29.5 Å². The zero-order valence-corrected chi connectivity index (χ0v) is 18.9. The van der Waals surface area contributed by atoms with Gasteiger partial charge in [0.2, 0.25) is 6.71 Å². The number of rotatable bonds is 0. The molecule has 0 atom stereocenters. The third-order valence-corrected chi connectivity index (χ3v) is 8.72. The SMILES string of the molecule is CC1(C)CC(C)(C)C2=C1B1c3ccccc3-c3c1c1c4c(ccc5c4c3CC5)OC(=O)N21. The number of benzene rings is 3. The molecule has 2 aliphatic carbocycles. The Morgan fingerprint density at radius 3 is 2.62 bits per heavy atom. The molecule has 8 rings (SSSR count). The molecule has 4 heteroatoms. The minimum Gasteiger partial charge on any atom is -0.409 e. The molecule has 0 aromatic heterocycles. The van der Waals surface area contributed by atoms with Crippen LogP contribution in [0.1, 0.15) is 45.2 Å². The highest BCUT2D eigenvalue weighted by Gasteiger charge is 2.58. The lowest BCUT2D eigenvalue weighted by molar-refractivity contribution is 0.206. The monoisotopic (exact) mass is 417 g/mol. The summed E-state index contributed by atoms with van der Waals surface area (Å²) in [5.74, 6) is 0.736. The molecule has 32 heavy (non-hydrogen) atoms. The Hall–Kier alpha value is -3.01. The van der Waals surface area contributed by atoms with Crippen molar-refractivity contribution in [2.24, 2.45) is 10.8 Å². The van der Waals surface area contributed by atoms with Gasteiger partial charge in [0.25, 0.3) is 0 Å². The lowest BCUT2D eigenvalue weighted by atomic mass is 9.33. The number of aryl methyl sites for hydroxylation is 2. The molecule has 0 saturated heterocycles. The van der Waals surface area contributed by atoms with E-state index in [4.69, 9.17) is 4.74 Å². The smallest absolute Gasteiger partial charge is 0.409 e. The molecule has 5 aliphatic rings. The molecule has 3 aromatic carbocycles. The van der Waals surface area contributed by atoms with Crippen molar-refractivity contribution in [3.05, 3.63) is 58.7 Å². The summed E-state index contributed by atoms with van der Waals surface area (Å²) < 4.78 is 6.03. The molecule has 1 amide bonds. The number of anilines is 1. The highest BCUT2D eigenvalue weighted by atomic mass is 16.6. The van der Waals surface area contributed by atoms with Gasteiger partial charge in [0.15, 0.2) is 0 Å². The van der Waals surface area contributed by atoms with E-state index in [1.165, 1.54) is 55.1 Å². The van der Waals surface area contributed by atoms with Crippen LogP contribution in [-0.4, -0.2) is 12.8 Å². The molecule has 3 nitrogen and oxygen atoms in total. The zero-order valence-electron chi connectivity index (χ0n) is 18.9. The second kappa shape index (κ2) is 4.98. The highest BCUT2D eigenvalue weighted by molar-refractivity contribution is 6.97. The zero-order chi connectivity index (χ0) is 21.7. The van der Waals surface area contributed by atoms with E-state index >= 15 is 0 Å². The number of hydrogen-bond donors (Lipinski definition) is 0. The number of carbonyl (C=O) groups excluding carboxylic acids is 1. The van der Waals surface area contributed by atoms with Crippen LogP contribution in [0.4, 0.5) is 10.5 Å². The van der Waals surface area contributed by atoms with Gasteiger partial charge in [0.1, 0.15) is 5.75 Å². The Labute approximate surface area is 188 Å². The van der Waals surface area contributed by atoms with E-state index in [1.54, 1.807) is 0 Å².